The minimum atomic E-state index is -3.74. The molecule has 0 saturated carbocycles. The van der Waals surface area contributed by atoms with Crippen LogP contribution in [0.4, 0.5) is 5.69 Å². The maximum absolute atomic E-state index is 14.3. The number of hydrogen-bond donors (Lipinski definition) is 1. The molecule has 1 spiro atoms. The fourth-order valence-electron chi connectivity index (χ4n) is 5.56. The van der Waals surface area contributed by atoms with Gasteiger partial charge in [0.2, 0.25) is 10.0 Å². The Morgan fingerprint density at radius 3 is 2.46 bits per heavy atom. The molecule has 0 bridgehead atoms. The second-order valence-corrected chi connectivity index (χ2v) is 12.0. The average molecular weight is 552 g/mol. The third kappa shape index (κ3) is 3.91. The van der Waals surface area contributed by atoms with E-state index >= 15 is 0 Å². The van der Waals surface area contributed by atoms with Crippen molar-refractivity contribution < 1.29 is 32.6 Å². The van der Waals surface area contributed by atoms with Crippen molar-refractivity contribution in [3.8, 4) is 0 Å². The van der Waals surface area contributed by atoms with E-state index in [9.17, 15) is 27.9 Å². The number of nitrogens with zero attached hydrogens (tertiary/aromatic N) is 3. The van der Waals surface area contributed by atoms with Crippen molar-refractivity contribution in [1.82, 2.24) is 9.21 Å². The van der Waals surface area contributed by atoms with Gasteiger partial charge >= 0.3 is 0 Å². The van der Waals surface area contributed by atoms with Gasteiger partial charge < -0.3 is 19.6 Å². The molecule has 10 nitrogen and oxygen atoms in total. The molecule has 204 valence electrons. The van der Waals surface area contributed by atoms with Gasteiger partial charge in [0.25, 0.3) is 17.6 Å². The molecule has 3 aliphatic heterocycles. The van der Waals surface area contributed by atoms with Gasteiger partial charge in [-0.1, -0.05) is 24.3 Å². The molecule has 2 fully saturated rings. The number of benzene rings is 2. The van der Waals surface area contributed by atoms with Gasteiger partial charge in [0.1, 0.15) is 5.76 Å². The normalized spacial score (nSPS) is 24.3. The van der Waals surface area contributed by atoms with E-state index in [0.717, 1.165) is 10.7 Å². The highest BCUT2D eigenvalue weighted by atomic mass is 32.2. The van der Waals surface area contributed by atoms with Gasteiger partial charge in [-0.2, -0.15) is 0 Å². The molecule has 0 aliphatic carbocycles. The first-order chi connectivity index (χ1) is 18.6. The molecule has 39 heavy (non-hydrogen) atoms. The second kappa shape index (κ2) is 9.74. The van der Waals surface area contributed by atoms with E-state index in [1.807, 2.05) is 0 Å². The highest BCUT2D eigenvalue weighted by Gasteiger charge is 2.67. The number of fused-ring (bicyclic) bond motifs is 2. The highest BCUT2D eigenvalue weighted by Crippen LogP contribution is 2.53. The SMILES string of the molecule is C=CCN1C(=O)C2(/C(=C(/O)c3ccc(S(=O)(=O)N(C)C)cc3)C(=O)C(=O)N2CC2CCCO2)c2ccccc21. The van der Waals surface area contributed by atoms with Crippen LogP contribution in [-0.2, 0) is 34.7 Å². The van der Waals surface area contributed by atoms with Gasteiger partial charge in [-0.25, -0.2) is 12.7 Å². The Balaban J connectivity index is 1.74. The summed E-state index contributed by atoms with van der Waals surface area (Å²) in [6, 6.07) is 12.1. The van der Waals surface area contributed by atoms with Crippen LogP contribution in [0.3, 0.4) is 0 Å². The zero-order valence-electron chi connectivity index (χ0n) is 21.7. The summed E-state index contributed by atoms with van der Waals surface area (Å²) in [5, 5.41) is 11.6. The molecular formula is C28H29N3O7S. The van der Waals surface area contributed by atoms with Gasteiger partial charge in [-0.3, -0.25) is 14.4 Å². The molecule has 2 amide bonds. The van der Waals surface area contributed by atoms with Crippen LogP contribution in [0.1, 0.15) is 24.0 Å². The number of likely N-dealkylation sites (tertiary alicyclic amines) is 1. The number of ketones is 1. The zero-order valence-corrected chi connectivity index (χ0v) is 22.5. The predicted octanol–water partition coefficient (Wildman–Crippen LogP) is 2.22. The van der Waals surface area contributed by atoms with Crippen molar-refractivity contribution in [2.24, 2.45) is 0 Å². The van der Waals surface area contributed by atoms with E-state index in [2.05, 4.69) is 6.58 Å². The van der Waals surface area contributed by atoms with E-state index in [-0.39, 0.29) is 35.2 Å². The Bertz CT molecular complexity index is 1510. The largest absolute Gasteiger partial charge is 0.507 e. The lowest BCUT2D eigenvalue weighted by Crippen LogP contribution is -2.53. The highest BCUT2D eigenvalue weighted by molar-refractivity contribution is 7.89. The van der Waals surface area contributed by atoms with Crippen molar-refractivity contribution in [2.75, 3.05) is 38.7 Å². The molecule has 0 aromatic heterocycles. The summed E-state index contributed by atoms with van der Waals surface area (Å²) >= 11 is 0. The van der Waals surface area contributed by atoms with Crippen molar-refractivity contribution in [3.63, 3.8) is 0 Å². The van der Waals surface area contributed by atoms with E-state index < -0.39 is 38.9 Å². The fourth-order valence-corrected chi connectivity index (χ4v) is 6.46. The number of amides is 2. The van der Waals surface area contributed by atoms with Crippen LogP contribution in [0, 0.1) is 0 Å². The first-order valence-corrected chi connectivity index (χ1v) is 14.0. The molecule has 3 aliphatic rings. The van der Waals surface area contributed by atoms with E-state index in [4.69, 9.17) is 4.74 Å². The number of aliphatic hydroxyl groups excluding tert-OH is 1. The summed E-state index contributed by atoms with van der Waals surface area (Å²) in [7, 11) is -0.945. The number of rotatable bonds is 7. The third-order valence-corrected chi connectivity index (χ3v) is 9.27. The number of carbonyl (C=O) groups is 3. The fraction of sp³-hybridized carbons (Fsp3) is 0.321. The number of Topliss-reactive ketones (excluding diaryl/α,β-unsaturated/α-hetero) is 1. The summed E-state index contributed by atoms with van der Waals surface area (Å²) in [4.78, 5) is 44.2. The number of sulfonamides is 1. The number of para-hydroxylation sites is 1. The summed E-state index contributed by atoms with van der Waals surface area (Å²) < 4.78 is 31.9. The lowest BCUT2D eigenvalue weighted by atomic mass is 9.81. The molecule has 0 radical (unpaired) electrons. The van der Waals surface area contributed by atoms with Crippen molar-refractivity contribution in [3.05, 3.63) is 77.9 Å². The van der Waals surface area contributed by atoms with Gasteiger partial charge in [-0.15, -0.1) is 6.58 Å². The molecule has 1 N–H and O–H groups in total. The number of hydrogen-bond acceptors (Lipinski definition) is 7. The zero-order chi connectivity index (χ0) is 28.1. The Morgan fingerprint density at radius 2 is 1.85 bits per heavy atom. The number of ether oxygens (including phenoxy) is 1. The van der Waals surface area contributed by atoms with E-state index in [1.165, 1.54) is 48.2 Å². The first kappa shape index (κ1) is 26.8. The quantitative estimate of drug-likeness (QED) is 0.242. The molecule has 2 atom stereocenters. The monoisotopic (exact) mass is 551 g/mol. The van der Waals surface area contributed by atoms with Crippen molar-refractivity contribution in [1.29, 1.82) is 0 Å². The van der Waals surface area contributed by atoms with Crippen LogP contribution in [0.25, 0.3) is 5.76 Å². The Morgan fingerprint density at radius 1 is 1.15 bits per heavy atom. The average Bonchev–Trinajstić information content (AvgIpc) is 3.58. The van der Waals surface area contributed by atoms with E-state index in [0.29, 0.717) is 24.3 Å². The minimum Gasteiger partial charge on any atom is -0.507 e. The molecule has 2 aromatic carbocycles. The second-order valence-electron chi connectivity index (χ2n) is 9.85. The maximum Gasteiger partial charge on any atom is 0.296 e. The molecule has 2 unspecified atom stereocenters. The van der Waals surface area contributed by atoms with Crippen LogP contribution in [0.5, 0.6) is 0 Å². The number of anilines is 1. The summed E-state index contributed by atoms with van der Waals surface area (Å²) in [5.74, 6) is -3.05. The van der Waals surface area contributed by atoms with Gasteiger partial charge in [0, 0.05) is 44.9 Å². The summed E-state index contributed by atoms with van der Waals surface area (Å²) in [6.45, 7) is 4.37. The maximum atomic E-state index is 14.3. The van der Waals surface area contributed by atoms with Crippen LogP contribution in [0.2, 0.25) is 0 Å². The standard InChI is InChI=1S/C28H29N3O7S/c1-4-15-30-22-10-6-5-9-21(22)28(27(30)35)23(25(33)26(34)31(28)17-19-8-7-16-38-19)24(32)18-11-13-20(14-12-18)39(36,37)29(2)3/h4-6,9-14,19,32H,1,7-8,15-17H2,2-3H3/b24-23+. The van der Waals surface area contributed by atoms with E-state index in [1.54, 1.807) is 30.3 Å². The molecule has 5 rings (SSSR count). The molecule has 3 heterocycles. The molecular weight excluding hydrogens is 522 g/mol. The van der Waals surface area contributed by atoms with Crippen LogP contribution < -0.4 is 4.90 Å². The summed E-state index contributed by atoms with van der Waals surface area (Å²) in [5.41, 5.74) is -1.30. The smallest absolute Gasteiger partial charge is 0.296 e. The molecule has 11 heteroatoms. The molecule has 2 aromatic rings. The Labute approximate surface area is 226 Å². The topological polar surface area (TPSA) is 125 Å². The van der Waals surface area contributed by atoms with Crippen LogP contribution >= 0.6 is 0 Å². The molecule has 2 saturated heterocycles. The minimum absolute atomic E-state index is 0.0105. The predicted molar refractivity (Wildman–Crippen MR) is 143 cm³/mol. The van der Waals surface area contributed by atoms with Gasteiger partial charge in [-0.05, 0) is 43.2 Å². The van der Waals surface area contributed by atoms with Crippen LogP contribution in [-0.4, -0.2) is 80.2 Å². The van der Waals surface area contributed by atoms with Crippen LogP contribution in [0.15, 0.2) is 71.7 Å². The lowest BCUT2D eigenvalue weighted by Gasteiger charge is -2.35. The number of carbonyl (C=O) groups excluding carboxylic acids is 3. The first-order valence-electron chi connectivity index (χ1n) is 12.5. The Kier molecular flexibility index (Phi) is 6.69. The number of aliphatic hydroxyl groups is 1. The van der Waals surface area contributed by atoms with Crippen molar-refractivity contribution >= 4 is 39.1 Å². The van der Waals surface area contributed by atoms with Gasteiger partial charge in [0.15, 0.2) is 5.54 Å². The summed E-state index contributed by atoms with van der Waals surface area (Å²) in [6.07, 6.45) is 2.62. The van der Waals surface area contributed by atoms with Crippen molar-refractivity contribution in [2.45, 2.75) is 29.4 Å². The Hall–Kier alpha value is -3.80. The lowest BCUT2D eigenvalue weighted by molar-refractivity contribution is -0.145. The van der Waals surface area contributed by atoms with Gasteiger partial charge in [0.05, 0.1) is 22.3 Å². The third-order valence-electron chi connectivity index (χ3n) is 7.44.